The molecule has 5 rings (SSSR count). The van der Waals surface area contributed by atoms with Gasteiger partial charge in [-0.1, -0.05) is 80.6 Å². The number of ether oxygens (including phenoxy) is 1. The van der Waals surface area contributed by atoms with Gasteiger partial charge in [-0.15, -0.1) is 0 Å². The Kier molecular flexibility index (Phi) is 6.76. The molecular formula is C32H28N2O2. The van der Waals surface area contributed by atoms with E-state index in [4.69, 9.17) is 9.72 Å². The highest BCUT2D eigenvalue weighted by Crippen LogP contribution is 2.27. The number of hydrogen-bond acceptors (Lipinski definition) is 3. The van der Waals surface area contributed by atoms with E-state index in [0.29, 0.717) is 11.7 Å². The first kappa shape index (κ1) is 23.3. The molecule has 0 bridgehead atoms. The minimum absolute atomic E-state index is 0.410. The molecule has 0 atom stereocenters. The van der Waals surface area contributed by atoms with Crippen LogP contribution in [-0.2, 0) is 11.3 Å². The largest absolute Gasteiger partial charge is 0.423 e. The number of benzene rings is 4. The summed E-state index contributed by atoms with van der Waals surface area (Å²) < 4.78 is 7.74. The van der Waals surface area contributed by atoms with Gasteiger partial charge in [0.1, 0.15) is 11.6 Å². The van der Waals surface area contributed by atoms with Gasteiger partial charge in [-0.3, -0.25) is 0 Å². The van der Waals surface area contributed by atoms with Gasteiger partial charge in [0, 0.05) is 18.2 Å². The summed E-state index contributed by atoms with van der Waals surface area (Å²) in [5.74, 6) is 1.44. The van der Waals surface area contributed by atoms with Crippen molar-refractivity contribution in [2.75, 3.05) is 0 Å². The van der Waals surface area contributed by atoms with Crippen LogP contribution >= 0.6 is 0 Å². The molecule has 4 heteroatoms. The highest BCUT2D eigenvalue weighted by atomic mass is 16.5. The van der Waals surface area contributed by atoms with Crippen LogP contribution in [0.4, 0.5) is 0 Å². The lowest BCUT2D eigenvalue weighted by Crippen LogP contribution is -2.04. The molecule has 4 nitrogen and oxygen atoms in total. The molecule has 0 radical (unpaired) electrons. The van der Waals surface area contributed by atoms with Crippen molar-refractivity contribution in [1.29, 1.82) is 0 Å². The minimum Gasteiger partial charge on any atom is -0.423 e. The molecule has 0 saturated heterocycles. The van der Waals surface area contributed by atoms with E-state index in [-0.39, 0.29) is 0 Å². The van der Waals surface area contributed by atoms with Crippen LogP contribution < -0.4 is 4.74 Å². The fourth-order valence-electron chi connectivity index (χ4n) is 4.20. The van der Waals surface area contributed by atoms with Crippen LogP contribution in [0.15, 0.2) is 109 Å². The summed E-state index contributed by atoms with van der Waals surface area (Å²) in [6, 6.07) is 34.2. The zero-order chi connectivity index (χ0) is 24.9. The van der Waals surface area contributed by atoms with E-state index in [2.05, 4.69) is 48.7 Å². The van der Waals surface area contributed by atoms with Crippen LogP contribution in [0.2, 0.25) is 0 Å². The number of aromatic nitrogens is 2. The normalized spacial score (nSPS) is 11.4. The Balaban J connectivity index is 1.33. The molecule has 0 fully saturated rings. The van der Waals surface area contributed by atoms with Crippen LogP contribution in [0.3, 0.4) is 0 Å². The number of carbonyl (C=O) groups excluding carboxylic acids is 1. The molecule has 36 heavy (non-hydrogen) atoms. The van der Waals surface area contributed by atoms with Gasteiger partial charge in [0.25, 0.3) is 0 Å². The van der Waals surface area contributed by atoms with E-state index in [1.54, 1.807) is 6.08 Å². The molecule has 0 aliphatic carbocycles. The quantitative estimate of drug-likeness (QED) is 0.140. The van der Waals surface area contributed by atoms with E-state index in [0.717, 1.165) is 34.5 Å². The molecule has 0 aliphatic rings. The number of nitrogens with zero attached hydrogens (tertiary/aromatic N) is 2. The maximum atomic E-state index is 12.4. The predicted octanol–water partition coefficient (Wildman–Crippen LogP) is 7.49. The van der Waals surface area contributed by atoms with Crippen LogP contribution in [0.25, 0.3) is 28.5 Å². The van der Waals surface area contributed by atoms with Gasteiger partial charge in [-0.05, 0) is 65.1 Å². The zero-order valence-electron chi connectivity index (χ0n) is 20.5. The number of carbonyl (C=O) groups is 1. The van der Waals surface area contributed by atoms with Gasteiger partial charge in [-0.25, -0.2) is 9.78 Å². The summed E-state index contributed by atoms with van der Waals surface area (Å²) in [5, 5.41) is 0. The first-order valence-corrected chi connectivity index (χ1v) is 12.2. The Morgan fingerprint density at radius 1 is 0.861 bits per heavy atom. The summed E-state index contributed by atoms with van der Waals surface area (Å²) in [4.78, 5) is 17.3. The summed E-state index contributed by atoms with van der Waals surface area (Å²) in [6.45, 7) is 5.04. The Labute approximate surface area is 211 Å². The van der Waals surface area contributed by atoms with Gasteiger partial charge < -0.3 is 9.30 Å². The second-order valence-corrected chi connectivity index (χ2v) is 9.10. The van der Waals surface area contributed by atoms with Crippen molar-refractivity contribution >= 4 is 23.1 Å². The maximum absolute atomic E-state index is 12.4. The van der Waals surface area contributed by atoms with Crippen molar-refractivity contribution in [1.82, 2.24) is 9.55 Å². The molecule has 178 valence electrons. The highest BCUT2D eigenvalue weighted by molar-refractivity contribution is 5.88. The second-order valence-electron chi connectivity index (χ2n) is 9.10. The standard InChI is InChI=1S/C32H28N2O2/c1-23(2)26-15-12-24(13-16-26)14-21-31(35)36-28-19-17-27(18-20-28)32-33-29-10-6-7-11-30(29)34(32)22-25-8-4-3-5-9-25/h3-21,23H,22H2,1-2H3/b21-14+. The molecule has 0 aliphatic heterocycles. The summed E-state index contributed by atoms with van der Waals surface area (Å²) >= 11 is 0. The average molecular weight is 473 g/mol. The average Bonchev–Trinajstić information content (AvgIpc) is 3.27. The SMILES string of the molecule is CC(C)c1ccc(/C=C/C(=O)Oc2ccc(-c3nc4ccccc4n3Cc3ccccc3)cc2)cc1. The van der Waals surface area contributed by atoms with E-state index in [1.807, 2.05) is 72.8 Å². The molecule has 0 saturated carbocycles. The van der Waals surface area contributed by atoms with Crippen molar-refractivity contribution in [3.05, 3.63) is 126 Å². The Morgan fingerprint density at radius 2 is 1.56 bits per heavy atom. The number of para-hydroxylation sites is 2. The topological polar surface area (TPSA) is 44.1 Å². The summed E-state index contributed by atoms with van der Waals surface area (Å²) in [5.41, 5.74) is 6.43. The molecule has 0 N–H and O–H groups in total. The minimum atomic E-state index is -0.410. The third kappa shape index (κ3) is 5.28. The number of rotatable bonds is 7. The number of esters is 1. The lowest BCUT2D eigenvalue weighted by atomic mass is 10.0. The van der Waals surface area contributed by atoms with Crippen LogP contribution in [0.1, 0.15) is 36.5 Å². The van der Waals surface area contributed by atoms with Gasteiger partial charge in [0.05, 0.1) is 11.0 Å². The van der Waals surface area contributed by atoms with Gasteiger partial charge in [-0.2, -0.15) is 0 Å². The van der Waals surface area contributed by atoms with Crippen LogP contribution in [-0.4, -0.2) is 15.5 Å². The molecule has 5 aromatic rings. The number of fused-ring (bicyclic) bond motifs is 1. The molecule has 0 amide bonds. The van der Waals surface area contributed by atoms with Gasteiger partial charge >= 0.3 is 5.97 Å². The molecular weight excluding hydrogens is 444 g/mol. The lowest BCUT2D eigenvalue weighted by molar-refractivity contribution is -0.128. The monoisotopic (exact) mass is 472 g/mol. The van der Waals surface area contributed by atoms with Crippen molar-refractivity contribution in [3.8, 4) is 17.1 Å². The molecule has 0 spiro atoms. The first-order valence-electron chi connectivity index (χ1n) is 12.2. The lowest BCUT2D eigenvalue weighted by Gasteiger charge is -2.10. The second kappa shape index (κ2) is 10.4. The first-order chi connectivity index (χ1) is 17.6. The van der Waals surface area contributed by atoms with Crippen molar-refractivity contribution in [2.45, 2.75) is 26.3 Å². The Hall–Kier alpha value is -4.44. The molecule has 1 heterocycles. The summed E-state index contributed by atoms with van der Waals surface area (Å²) in [6.07, 6.45) is 3.23. The van der Waals surface area contributed by atoms with E-state index in [1.165, 1.54) is 17.2 Å². The van der Waals surface area contributed by atoms with Gasteiger partial charge in [0.15, 0.2) is 0 Å². The van der Waals surface area contributed by atoms with E-state index >= 15 is 0 Å². The maximum Gasteiger partial charge on any atom is 0.336 e. The number of imidazole rings is 1. The molecule has 0 unspecified atom stereocenters. The summed E-state index contributed by atoms with van der Waals surface area (Å²) in [7, 11) is 0. The van der Waals surface area contributed by atoms with Crippen molar-refractivity contribution < 1.29 is 9.53 Å². The third-order valence-corrected chi connectivity index (χ3v) is 6.18. The van der Waals surface area contributed by atoms with Crippen LogP contribution in [0.5, 0.6) is 5.75 Å². The van der Waals surface area contributed by atoms with Crippen molar-refractivity contribution in [3.63, 3.8) is 0 Å². The van der Waals surface area contributed by atoms with E-state index in [9.17, 15) is 4.79 Å². The Morgan fingerprint density at radius 3 is 2.28 bits per heavy atom. The van der Waals surface area contributed by atoms with Gasteiger partial charge in [0.2, 0.25) is 0 Å². The molecule has 1 aromatic heterocycles. The van der Waals surface area contributed by atoms with Crippen molar-refractivity contribution in [2.24, 2.45) is 0 Å². The van der Waals surface area contributed by atoms with E-state index < -0.39 is 5.97 Å². The molecule has 4 aromatic carbocycles. The zero-order valence-corrected chi connectivity index (χ0v) is 20.5. The van der Waals surface area contributed by atoms with Crippen LogP contribution in [0, 0.1) is 0 Å². The third-order valence-electron chi connectivity index (χ3n) is 6.18. The Bertz CT molecular complexity index is 1500. The fourth-order valence-corrected chi connectivity index (χ4v) is 4.20. The smallest absolute Gasteiger partial charge is 0.336 e. The highest BCUT2D eigenvalue weighted by Gasteiger charge is 2.13. The number of hydrogen-bond donors (Lipinski definition) is 0. The fraction of sp³-hybridized carbons (Fsp3) is 0.125. The predicted molar refractivity (Wildman–Crippen MR) is 146 cm³/mol.